The number of anilines is 1. The summed E-state index contributed by atoms with van der Waals surface area (Å²) in [4.78, 5) is 37.1. The molecule has 0 N–H and O–H groups in total. The van der Waals surface area contributed by atoms with Crippen molar-refractivity contribution in [3.05, 3.63) is 74.3 Å². The molecule has 4 rings (SSSR count). The summed E-state index contributed by atoms with van der Waals surface area (Å²) < 4.78 is 16.2. The average molecular weight is 487 g/mol. The Labute approximate surface area is 196 Å². The Morgan fingerprint density at radius 1 is 1.09 bits per heavy atom. The monoisotopic (exact) mass is 486 g/mol. The normalized spacial score (nSPS) is 14.8. The number of nitrogens with zero attached hydrogens (tertiary/aromatic N) is 2. The number of halogens is 1. The Hall–Kier alpha value is -3.76. The van der Waals surface area contributed by atoms with Crippen LogP contribution in [-0.4, -0.2) is 30.3 Å². The maximum atomic E-state index is 13.0. The maximum absolute atomic E-state index is 13.0. The van der Waals surface area contributed by atoms with Gasteiger partial charge in [-0.3, -0.25) is 19.7 Å². The molecular weight excluding hydrogens is 472 g/mol. The molecule has 1 saturated heterocycles. The van der Waals surface area contributed by atoms with Crippen molar-refractivity contribution in [2.75, 3.05) is 19.1 Å². The highest BCUT2D eigenvalue weighted by Crippen LogP contribution is 2.41. The number of ether oxygens (including phenoxy) is 2. The second-order valence-corrected chi connectivity index (χ2v) is 8.08. The van der Waals surface area contributed by atoms with E-state index in [0.29, 0.717) is 34.3 Å². The fourth-order valence-electron chi connectivity index (χ4n) is 3.17. The van der Waals surface area contributed by atoms with Gasteiger partial charge >= 0.3 is 0 Å². The number of carbonyl (C=O) groups excluding carboxylic acids is 2. The van der Waals surface area contributed by atoms with Gasteiger partial charge in [-0.2, -0.15) is 0 Å². The minimum Gasteiger partial charge on any atom is -0.497 e. The number of hydrogen-bond acceptors (Lipinski definition) is 8. The lowest BCUT2D eigenvalue weighted by Gasteiger charge is -2.16. The predicted octanol–water partition coefficient (Wildman–Crippen LogP) is 5.77. The minimum atomic E-state index is -0.544. The van der Waals surface area contributed by atoms with Crippen LogP contribution in [0.1, 0.15) is 5.76 Å². The first kappa shape index (κ1) is 22.4. The summed E-state index contributed by atoms with van der Waals surface area (Å²) in [5, 5.41) is 10.6. The summed E-state index contributed by atoms with van der Waals surface area (Å²) in [5.74, 6) is 0.973. The van der Waals surface area contributed by atoms with Gasteiger partial charge in [0.25, 0.3) is 16.8 Å². The van der Waals surface area contributed by atoms with Crippen LogP contribution in [0.4, 0.5) is 16.2 Å². The molecule has 1 aliphatic rings. The van der Waals surface area contributed by atoms with E-state index in [0.717, 1.165) is 16.7 Å². The average Bonchev–Trinajstić information content (AvgIpc) is 3.37. The van der Waals surface area contributed by atoms with Crippen LogP contribution in [0.15, 0.2) is 57.9 Å². The first-order valence-corrected chi connectivity index (χ1v) is 10.6. The van der Waals surface area contributed by atoms with Crippen molar-refractivity contribution in [2.24, 2.45) is 0 Å². The molecule has 0 bridgehead atoms. The molecule has 0 saturated carbocycles. The van der Waals surface area contributed by atoms with Crippen LogP contribution in [-0.2, 0) is 4.79 Å². The van der Waals surface area contributed by atoms with E-state index in [1.807, 2.05) is 0 Å². The van der Waals surface area contributed by atoms with Gasteiger partial charge in [-0.05, 0) is 42.1 Å². The molecular formula is C22H15ClN2O7S. The fourth-order valence-corrected chi connectivity index (χ4v) is 4.25. The number of non-ortho nitro benzene ring substituents is 1. The van der Waals surface area contributed by atoms with Crippen molar-refractivity contribution in [1.82, 2.24) is 0 Å². The van der Waals surface area contributed by atoms with Crippen LogP contribution >= 0.6 is 23.4 Å². The van der Waals surface area contributed by atoms with Crippen molar-refractivity contribution in [1.29, 1.82) is 0 Å². The number of furan rings is 1. The van der Waals surface area contributed by atoms with Crippen LogP contribution < -0.4 is 14.4 Å². The number of nitro benzene ring substituents is 1. The van der Waals surface area contributed by atoms with E-state index >= 15 is 0 Å². The number of rotatable bonds is 6. The molecule has 11 heteroatoms. The molecule has 0 atom stereocenters. The van der Waals surface area contributed by atoms with E-state index < -0.39 is 16.1 Å². The molecule has 0 unspecified atom stereocenters. The van der Waals surface area contributed by atoms with Gasteiger partial charge in [-0.15, -0.1) is 0 Å². The molecule has 3 aromatic rings. The highest BCUT2D eigenvalue weighted by atomic mass is 35.5. The van der Waals surface area contributed by atoms with Crippen molar-refractivity contribution >= 4 is 52.0 Å². The number of benzene rings is 2. The Morgan fingerprint density at radius 3 is 2.55 bits per heavy atom. The second kappa shape index (κ2) is 9.00. The zero-order chi connectivity index (χ0) is 23.7. The van der Waals surface area contributed by atoms with Gasteiger partial charge in [0.15, 0.2) is 0 Å². The predicted molar refractivity (Wildman–Crippen MR) is 124 cm³/mol. The molecule has 0 spiro atoms. The van der Waals surface area contributed by atoms with Crippen LogP contribution in [0.2, 0.25) is 5.02 Å². The summed E-state index contributed by atoms with van der Waals surface area (Å²) in [6.07, 6.45) is 1.45. The first-order chi connectivity index (χ1) is 15.8. The van der Waals surface area contributed by atoms with Gasteiger partial charge in [0.05, 0.1) is 34.8 Å². The summed E-state index contributed by atoms with van der Waals surface area (Å²) in [6, 6.07) is 12.0. The van der Waals surface area contributed by atoms with Crippen molar-refractivity contribution in [3.8, 4) is 22.8 Å². The Bertz CT molecular complexity index is 1320. The van der Waals surface area contributed by atoms with Crippen LogP contribution in [0.3, 0.4) is 0 Å². The Kier molecular flexibility index (Phi) is 6.12. The summed E-state index contributed by atoms with van der Waals surface area (Å²) in [7, 11) is 2.93. The molecule has 2 heterocycles. The lowest BCUT2D eigenvalue weighted by atomic mass is 10.1. The van der Waals surface area contributed by atoms with Crippen molar-refractivity contribution in [2.45, 2.75) is 0 Å². The van der Waals surface area contributed by atoms with Gasteiger partial charge in [-0.1, -0.05) is 11.6 Å². The van der Waals surface area contributed by atoms with Crippen molar-refractivity contribution in [3.63, 3.8) is 0 Å². The molecule has 1 aliphatic heterocycles. The molecule has 168 valence electrons. The van der Waals surface area contributed by atoms with Crippen LogP contribution in [0, 0.1) is 10.1 Å². The number of methoxy groups -OCH3 is 2. The zero-order valence-corrected chi connectivity index (χ0v) is 18.8. The molecule has 33 heavy (non-hydrogen) atoms. The van der Waals surface area contributed by atoms with Gasteiger partial charge in [0.2, 0.25) is 0 Å². The Balaban J connectivity index is 1.62. The Morgan fingerprint density at radius 2 is 1.88 bits per heavy atom. The topological polar surface area (TPSA) is 112 Å². The molecule has 1 fully saturated rings. The molecule has 9 nitrogen and oxygen atoms in total. The van der Waals surface area contributed by atoms with Crippen LogP contribution in [0.25, 0.3) is 17.4 Å². The molecule has 0 radical (unpaired) electrons. The maximum Gasteiger partial charge on any atom is 0.298 e. The van der Waals surface area contributed by atoms with E-state index in [-0.39, 0.29) is 15.6 Å². The van der Waals surface area contributed by atoms with Crippen LogP contribution in [0.5, 0.6) is 11.5 Å². The lowest BCUT2D eigenvalue weighted by Crippen LogP contribution is -2.28. The number of amides is 2. The number of thioether (sulfide) groups is 1. The molecule has 2 aromatic carbocycles. The number of imide groups is 1. The highest BCUT2D eigenvalue weighted by Gasteiger charge is 2.38. The first-order valence-electron chi connectivity index (χ1n) is 9.36. The SMILES string of the molecule is COc1ccc(N2C(=O)S/C(=C/c3ccc(-c4ccc([N+](=O)[O-])cc4Cl)o3)C2=O)c(OC)c1. The third-order valence-corrected chi connectivity index (χ3v) is 5.93. The zero-order valence-electron chi connectivity index (χ0n) is 17.2. The lowest BCUT2D eigenvalue weighted by molar-refractivity contribution is -0.384. The standard InChI is InChI=1S/C22H15ClN2O7S/c1-30-13-4-7-17(19(10-13)31-2)24-21(26)20(33-22(24)27)11-14-5-8-18(32-14)15-6-3-12(25(28)29)9-16(15)23/h3-11H,1-2H3/b20-11+. The quantitative estimate of drug-likeness (QED) is 0.245. The fraction of sp³-hybridized carbons (Fsp3) is 0.0909. The van der Waals surface area contributed by atoms with E-state index in [1.54, 1.807) is 30.3 Å². The third kappa shape index (κ3) is 4.30. The summed E-state index contributed by atoms with van der Waals surface area (Å²) >= 11 is 6.92. The minimum absolute atomic E-state index is 0.141. The third-order valence-electron chi connectivity index (χ3n) is 4.75. The largest absolute Gasteiger partial charge is 0.497 e. The molecule has 1 aromatic heterocycles. The summed E-state index contributed by atoms with van der Waals surface area (Å²) in [6.45, 7) is 0. The van der Waals surface area contributed by atoms with E-state index in [4.69, 9.17) is 25.5 Å². The van der Waals surface area contributed by atoms with Gasteiger partial charge < -0.3 is 13.9 Å². The smallest absolute Gasteiger partial charge is 0.298 e. The number of hydrogen-bond donors (Lipinski definition) is 0. The van der Waals surface area contributed by atoms with Crippen molar-refractivity contribution < 1.29 is 28.4 Å². The molecule has 0 aliphatic carbocycles. The molecule has 2 amide bonds. The number of nitro groups is 1. The van der Waals surface area contributed by atoms with E-state index in [2.05, 4.69) is 0 Å². The second-order valence-electron chi connectivity index (χ2n) is 6.68. The van der Waals surface area contributed by atoms with E-state index in [9.17, 15) is 19.7 Å². The van der Waals surface area contributed by atoms with Gasteiger partial charge in [0, 0.05) is 29.8 Å². The number of carbonyl (C=O) groups is 2. The highest BCUT2D eigenvalue weighted by molar-refractivity contribution is 8.19. The van der Waals surface area contributed by atoms with E-state index in [1.165, 1.54) is 38.5 Å². The van der Waals surface area contributed by atoms with Gasteiger partial charge in [0.1, 0.15) is 23.0 Å². The van der Waals surface area contributed by atoms with Gasteiger partial charge in [-0.25, -0.2) is 4.90 Å². The summed E-state index contributed by atoms with van der Waals surface area (Å²) in [5.41, 5.74) is 0.609.